The summed E-state index contributed by atoms with van der Waals surface area (Å²) in [5.74, 6) is 1.25. The average Bonchev–Trinajstić information content (AvgIpc) is 2.89. The molecule has 4 rings (SSSR count). The van der Waals surface area contributed by atoms with E-state index in [9.17, 15) is 9.59 Å². The van der Waals surface area contributed by atoms with E-state index < -0.39 is 0 Å². The van der Waals surface area contributed by atoms with Crippen molar-refractivity contribution in [1.29, 1.82) is 0 Å². The van der Waals surface area contributed by atoms with Gasteiger partial charge in [-0.25, -0.2) is 0 Å². The van der Waals surface area contributed by atoms with Crippen molar-refractivity contribution < 1.29 is 14.3 Å². The lowest BCUT2D eigenvalue weighted by Gasteiger charge is -2.36. The van der Waals surface area contributed by atoms with E-state index in [1.165, 1.54) is 0 Å². The van der Waals surface area contributed by atoms with Crippen molar-refractivity contribution >= 4 is 46.3 Å². The van der Waals surface area contributed by atoms with Gasteiger partial charge in [-0.2, -0.15) is 0 Å². The Labute approximate surface area is 226 Å². The number of anilines is 1. The molecule has 2 aromatic carbocycles. The third-order valence-corrected chi connectivity index (χ3v) is 7.03. The number of hydrogen-bond acceptors (Lipinski definition) is 6. The van der Waals surface area contributed by atoms with Crippen molar-refractivity contribution in [3.8, 4) is 11.5 Å². The smallest absolute Gasteiger partial charge is 0.262 e. The number of nitrogens with zero attached hydrogens (tertiary/aromatic N) is 3. The number of aromatic amines is 1. The van der Waals surface area contributed by atoms with Gasteiger partial charge in [0.05, 0.1) is 24.1 Å². The molecule has 1 saturated heterocycles. The Balaban J connectivity index is 1.33. The zero-order chi connectivity index (χ0) is 26.4. The molecule has 2 heterocycles. The molecule has 8 nitrogen and oxygen atoms in total. The SMILES string of the molecule is CCOc1cc2[nH]c(=S)n(CCCCC(=O)N3CCN(c4cccc(Cl)c4)CC3)c(=O)c2cc1OCC. The predicted octanol–water partition coefficient (Wildman–Crippen LogP) is 5.03. The molecular formula is C27H33ClN4O4S. The topological polar surface area (TPSA) is 79.8 Å². The normalized spacial score (nSPS) is 13.7. The zero-order valence-corrected chi connectivity index (χ0v) is 22.9. The van der Waals surface area contributed by atoms with E-state index in [4.69, 9.17) is 33.3 Å². The number of nitrogens with one attached hydrogen (secondary N) is 1. The molecule has 1 fully saturated rings. The molecule has 0 bridgehead atoms. The number of aromatic nitrogens is 2. The van der Waals surface area contributed by atoms with Crippen LogP contribution >= 0.6 is 23.8 Å². The van der Waals surface area contributed by atoms with E-state index >= 15 is 0 Å². The van der Waals surface area contributed by atoms with Gasteiger partial charge in [-0.15, -0.1) is 0 Å². The fraction of sp³-hybridized carbons (Fsp3) is 0.444. The summed E-state index contributed by atoms with van der Waals surface area (Å²) in [6, 6.07) is 11.3. The molecule has 198 valence electrons. The Morgan fingerprint density at radius 2 is 1.73 bits per heavy atom. The van der Waals surface area contributed by atoms with Crippen LogP contribution in [0.4, 0.5) is 5.69 Å². The van der Waals surface area contributed by atoms with Crippen LogP contribution in [0, 0.1) is 4.77 Å². The van der Waals surface area contributed by atoms with Crippen molar-refractivity contribution in [2.75, 3.05) is 44.3 Å². The summed E-state index contributed by atoms with van der Waals surface area (Å²) in [4.78, 5) is 33.3. The van der Waals surface area contributed by atoms with Gasteiger partial charge in [0.1, 0.15) is 0 Å². The minimum atomic E-state index is -0.175. The Hall–Kier alpha value is -3.04. The summed E-state index contributed by atoms with van der Waals surface area (Å²) in [6.45, 7) is 8.11. The Kier molecular flexibility index (Phi) is 9.10. The van der Waals surface area contributed by atoms with Crippen LogP contribution in [0.25, 0.3) is 10.9 Å². The van der Waals surface area contributed by atoms with E-state index in [1.54, 1.807) is 16.7 Å². The minimum Gasteiger partial charge on any atom is -0.490 e. The van der Waals surface area contributed by atoms with Gasteiger partial charge in [-0.1, -0.05) is 17.7 Å². The summed E-state index contributed by atoms with van der Waals surface area (Å²) in [5, 5.41) is 1.21. The molecule has 37 heavy (non-hydrogen) atoms. The summed E-state index contributed by atoms with van der Waals surface area (Å²) in [5.41, 5.74) is 1.52. The van der Waals surface area contributed by atoms with Crippen LogP contribution in [0.15, 0.2) is 41.2 Å². The van der Waals surface area contributed by atoms with Gasteiger partial charge in [0.25, 0.3) is 5.56 Å². The maximum atomic E-state index is 13.2. The zero-order valence-electron chi connectivity index (χ0n) is 21.3. The number of carbonyl (C=O) groups excluding carboxylic acids is 1. The molecule has 1 aliphatic heterocycles. The van der Waals surface area contributed by atoms with Gasteiger partial charge in [0.15, 0.2) is 16.3 Å². The summed E-state index contributed by atoms with van der Waals surface area (Å²) in [6.07, 6.45) is 1.80. The van der Waals surface area contributed by atoms with Gasteiger partial charge in [-0.3, -0.25) is 14.2 Å². The third-order valence-electron chi connectivity index (χ3n) is 6.47. The summed E-state index contributed by atoms with van der Waals surface area (Å²) in [7, 11) is 0. The number of carbonyl (C=O) groups is 1. The molecule has 3 aromatic rings. The van der Waals surface area contributed by atoms with Crippen LogP contribution in [-0.2, 0) is 11.3 Å². The number of amides is 1. The molecule has 0 aliphatic carbocycles. The van der Waals surface area contributed by atoms with Crippen LogP contribution < -0.4 is 19.9 Å². The molecule has 1 N–H and O–H groups in total. The fourth-order valence-electron chi connectivity index (χ4n) is 4.59. The van der Waals surface area contributed by atoms with E-state index in [0.29, 0.717) is 84.3 Å². The first kappa shape index (κ1) is 27.0. The standard InChI is InChI=1S/C27H33ClN4O4S/c1-3-35-23-17-21-22(18-24(23)36-4-2)29-27(37)32(26(21)34)11-6-5-10-25(33)31-14-12-30(13-15-31)20-9-7-8-19(28)16-20/h7-9,16-18H,3-6,10-15H2,1-2H3,(H,29,37). The highest BCUT2D eigenvalue weighted by Crippen LogP contribution is 2.31. The summed E-state index contributed by atoms with van der Waals surface area (Å²) >= 11 is 11.6. The number of unbranched alkanes of at least 4 members (excludes halogenated alkanes) is 1. The molecule has 0 unspecified atom stereocenters. The number of hydrogen-bond donors (Lipinski definition) is 1. The number of rotatable bonds is 10. The van der Waals surface area contributed by atoms with Crippen molar-refractivity contribution in [2.45, 2.75) is 39.7 Å². The molecule has 0 spiro atoms. The summed E-state index contributed by atoms with van der Waals surface area (Å²) < 4.78 is 13.3. The van der Waals surface area contributed by atoms with Crippen molar-refractivity contribution in [1.82, 2.24) is 14.5 Å². The second kappa shape index (κ2) is 12.5. The lowest BCUT2D eigenvalue weighted by molar-refractivity contribution is -0.131. The van der Waals surface area contributed by atoms with Crippen molar-refractivity contribution in [3.63, 3.8) is 0 Å². The lowest BCUT2D eigenvalue weighted by atomic mass is 10.2. The van der Waals surface area contributed by atoms with Crippen LogP contribution in [0.5, 0.6) is 11.5 Å². The average molecular weight is 545 g/mol. The molecule has 1 amide bonds. The van der Waals surface area contributed by atoms with Crippen LogP contribution in [-0.4, -0.2) is 59.8 Å². The molecule has 1 aromatic heterocycles. The fourth-order valence-corrected chi connectivity index (χ4v) is 5.06. The molecule has 10 heteroatoms. The minimum absolute atomic E-state index is 0.145. The molecule has 0 radical (unpaired) electrons. The van der Waals surface area contributed by atoms with Crippen molar-refractivity contribution in [2.24, 2.45) is 0 Å². The van der Waals surface area contributed by atoms with E-state index in [2.05, 4.69) is 9.88 Å². The molecule has 1 aliphatic rings. The largest absolute Gasteiger partial charge is 0.490 e. The van der Waals surface area contributed by atoms with Gasteiger partial charge in [0, 0.05) is 55.9 Å². The predicted molar refractivity (Wildman–Crippen MR) is 150 cm³/mol. The second-order valence-corrected chi connectivity index (χ2v) is 9.73. The number of benzene rings is 2. The Morgan fingerprint density at radius 3 is 2.41 bits per heavy atom. The Morgan fingerprint density at radius 1 is 1.03 bits per heavy atom. The number of fused-ring (bicyclic) bond motifs is 1. The number of H-pyrrole nitrogens is 1. The van der Waals surface area contributed by atoms with Gasteiger partial charge < -0.3 is 24.3 Å². The quantitative estimate of drug-likeness (QED) is 0.285. The van der Waals surface area contributed by atoms with Crippen LogP contribution in [0.1, 0.15) is 33.1 Å². The van der Waals surface area contributed by atoms with Gasteiger partial charge in [-0.05, 0) is 63.2 Å². The number of ether oxygens (including phenoxy) is 2. The molecule has 0 saturated carbocycles. The molecule has 0 atom stereocenters. The Bertz CT molecular complexity index is 1360. The second-order valence-electron chi connectivity index (χ2n) is 8.90. The highest BCUT2D eigenvalue weighted by atomic mass is 35.5. The maximum absolute atomic E-state index is 13.2. The first-order chi connectivity index (χ1) is 17.9. The third kappa shape index (κ3) is 6.45. The number of halogens is 1. The lowest BCUT2D eigenvalue weighted by Crippen LogP contribution is -2.48. The monoisotopic (exact) mass is 544 g/mol. The first-order valence-electron chi connectivity index (χ1n) is 12.8. The molecular weight excluding hydrogens is 512 g/mol. The van der Waals surface area contributed by atoms with E-state index in [0.717, 1.165) is 18.8 Å². The van der Waals surface area contributed by atoms with Gasteiger partial charge in [0.2, 0.25) is 5.91 Å². The van der Waals surface area contributed by atoms with E-state index in [-0.39, 0.29) is 11.5 Å². The number of piperazine rings is 1. The highest BCUT2D eigenvalue weighted by Gasteiger charge is 2.21. The van der Waals surface area contributed by atoms with Crippen LogP contribution in [0.2, 0.25) is 5.02 Å². The highest BCUT2D eigenvalue weighted by molar-refractivity contribution is 7.71. The first-order valence-corrected chi connectivity index (χ1v) is 13.5. The maximum Gasteiger partial charge on any atom is 0.262 e. The van der Waals surface area contributed by atoms with E-state index in [1.807, 2.05) is 43.0 Å². The van der Waals surface area contributed by atoms with Crippen molar-refractivity contribution in [3.05, 3.63) is 56.5 Å². The van der Waals surface area contributed by atoms with Crippen LogP contribution in [0.3, 0.4) is 0 Å². The van der Waals surface area contributed by atoms with Gasteiger partial charge >= 0.3 is 0 Å².